The number of para-hydroxylation sites is 1. The number of thioether (sulfide) groups is 1. The maximum absolute atomic E-state index is 13.6. The number of hydrogen-bond donors (Lipinski definition) is 2. The normalized spacial score (nSPS) is 16.5. The summed E-state index contributed by atoms with van der Waals surface area (Å²) < 4.78 is 5.31. The van der Waals surface area contributed by atoms with Crippen LogP contribution in [-0.2, 0) is 27.3 Å². The van der Waals surface area contributed by atoms with E-state index in [1.54, 1.807) is 18.4 Å². The molecule has 9 nitrogen and oxygen atoms in total. The Labute approximate surface area is 237 Å². The van der Waals surface area contributed by atoms with Crippen LogP contribution in [0, 0.1) is 0 Å². The summed E-state index contributed by atoms with van der Waals surface area (Å²) >= 11 is 1.24. The highest BCUT2D eigenvalue weighted by Gasteiger charge is 2.42. The minimum atomic E-state index is -0.695. The number of benzene rings is 2. The summed E-state index contributed by atoms with van der Waals surface area (Å²) in [5, 5.41) is 5.78. The fraction of sp³-hybridized carbons (Fsp3) is 0.300. The van der Waals surface area contributed by atoms with Gasteiger partial charge in [0.05, 0.1) is 23.7 Å². The molecule has 3 amide bonds. The van der Waals surface area contributed by atoms with E-state index in [1.165, 1.54) is 16.7 Å². The number of amidine groups is 2. The van der Waals surface area contributed by atoms with Gasteiger partial charge in [0.1, 0.15) is 17.6 Å². The second-order valence-corrected chi connectivity index (χ2v) is 10.7. The number of amides is 3. The maximum atomic E-state index is 13.6. The van der Waals surface area contributed by atoms with Crippen molar-refractivity contribution in [3.05, 3.63) is 89.9 Å². The first-order valence-electron chi connectivity index (χ1n) is 13.4. The van der Waals surface area contributed by atoms with Crippen molar-refractivity contribution in [1.29, 1.82) is 0 Å². The van der Waals surface area contributed by atoms with Crippen molar-refractivity contribution < 1.29 is 18.8 Å². The largest absolute Gasteiger partial charge is 0.467 e. The van der Waals surface area contributed by atoms with Gasteiger partial charge in [-0.25, -0.2) is 9.89 Å². The first kappa shape index (κ1) is 27.4. The summed E-state index contributed by atoms with van der Waals surface area (Å²) in [6, 6.07) is 20.3. The summed E-state index contributed by atoms with van der Waals surface area (Å²) in [6.07, 6.45) is 3.32. The van der Waals surface area contributed by atoms with E-state index in [1.807, 2.05) is 61.5 Å². The molecule has 0 bridgehead atoms. The fourth-order valence-electron chi connectivity index (χ4n) is 4.57. The average Bonchev–Trinajstić information content (AvgIpc) is 3.62. The van der Waals surface area contributed by atoms with Gasteiger partial charge < -0.3 is 15.1 Å². The monoisotopic (exact) mass is 557 g/mol. The second kappa shape index (κ2) is 12.8. The van der Waals surface area contributed by atoms with Gasteiger partial charge in [0, 0.05) is 18.5 Å². The highest BCUT2D eigenvalue weighted by Crippen LogP contribution is 2.35. The molecule has 1 aromatic heterocycles. The zero-order valence-electron chi connectivity index (χ0n) is 22.2. The van der Waals surface area contributed by atoms with Gasteiger partial charge in [-0.1, -0.05) is 61.2 Å². The first-order valence-corrected chi connectivity index (χ1v) is 14.3. The molecular formula is C30H31N5O4S. The van der Waals surface area contributed by atoms with Crippen LogP contribution >= 0.6 is 11.8 Å². The molecule has 0 saturated carbocycles. The zero-order valence-corrected chi connectivity index (χ0v) is 23.0. The third kappa shape index (κ3) is 6.34. The first-order chi connectivity index (χ1) is 19.5. The van der Waals surface area contributed by atoms with Crippen LogP contribution in [0.1, 0.15) is 43.1 Å². The molecule has 206 valence electrons. The van der Waals surface area contributed by atoms with Crippen LogP contribution in [0.2, 0.25) is 0 Å². The van der Waals surface area contributed by atoms with Crippen LogP contribution in [-0.4, -0.2) is 51.5 Å². The molecule has 3 heterocycles. The molecule has 0 fully saturated rings. The van der Waals surface area contributed by atoms with Crippen molar-refractivity contribution in [3.63, 3.8) is 0 Å². The van der Waals surface area contributed by atoms with E-state index in [0.29, 0.717) is 35.4 Å². The second-order valence-electron chi connectivity index (χ2n) is 9.49. The SMILES string of the molecule is CC[C@H](SC1=Nc2ccccc2C2=N[C@@H](CCC(=O)NCCc3ccccc3)C(=O)N12)C(=O)NCc1ccco1. The van der Waals surface area contributed by atoms with E-state index in [-0.39, 0.29) is 37.1 Å². The van der Waals surface area contributed by atoms with Crippen LogP contribution in [0.5, 0.6) is 0 Å². The molecule has 2 atom stereocenters. The zero-order chi connectivity index (χ0) is 27.9. The topological polar surface area (TPSA) is 116 Å². The van der Waals surface area contributed by atoms with Gasteiger partial charge in [0.2, 0.25) is 11.8 Å². The van der Waals surface area contributed by atoms with Crippen LogP contribution < -0.4 is 10.6 Å². The Hall–Kier alpha value is -4.18. The van der Waals surface area contributed by atoms with Gasteiger partial charge in [-0.05, 0) is 49.1 Å². The van der Waals surface area contributed by atoms with Crippen molar-refractivity contribution in [2.75, 3.05) is 6.54 Å². The number of fused-ring (bicyclic) bond motifs is 3. The number of furan rings is 1. The van der Waals surface area contributed by atoms with Crippen LogP contribution in [0.15, 0.2) is 87.4 Å². The third-order valence-electron chi connectivity index (χ3n) is 6.70. The van der Waals surface area contributed by atoms with Crippen molar-refractivity contribution in [2.24, 2.45) is 9.98 Å². The standard InChI is InChI=1S/C30H31N5O4S/c1-2-25(28(37)32-19-21-11-8-18-39-21)40-30-34-23-13-7-6-12-22(23)27-33-24(29(38)35(27)30)14-15-26(36)31-17-16-20-9-4-3-5-10-20/h3-13,18,24-25H,2,14-17,19H2,1H3,(H,31,36)(H,32,37)/t24-,25-/m0/s1. The lowest BCUT2D eigenvalue weighted by Gasteiger charge is -2.27. The van der Waals surface area contributed by atoms with Gasteiger partial charge in [0.15, 0.2) is 5.17 Å². The quantitative estimate of drug-likeness (QED) is 0.367. The number of carbonyl (C=O) groups is 3. The molecule has 0 spiro atoms. The molecule has 40 heavy (non-hydrogen) atoms. The third-order valence-corrected chi connectivity index (χ3v) is 8.02. The summed E-state index contributed by atoms with van der Waals surface area (Å²) in [5.74, 6) is 0.654. The summed E-state index contributed by atoms with van der Waals surface area (Å²) in [5.41, 5.74) is 2.60. The Bertz CT molecular complexity index is 1420. The van der Waals surface area contributed by atoms with Crippen LogP contribution in [0.3, 0.4) is 0 Å². The van der Waals surface area contributed by atoms with Gasteiger partial charge in [-0.15, -0.1) is 0 Å². The molecule has 5 rings (SSSR count). The Balaban J connectivity index is 1.24. The molecular weight excluding hydrogens is 526 g/mol. The van der Waals surface area contributed by atoms with Gasteiger partial charge >= 0.3 is 0 Å². The average molecular weight is 558 g/mol. The number of carbonyl (C=O) groups excluding carboxylic acids is 3. The molecule has 0 radical (unpaired) electrons. The molecule has 2 aliphatic rings. The van der Waals surface area contributed by atoms with Crippen molar-refractivity contribution in [2.45, 2.75) is 50.4 Å². The molecule has 3 aromatic rings. The molecule has 0 aliphatic carbocycles. The highest BCUT2D eigenvalue weighted by molar-refractivity contribution is 8.15. The summed E-state index contributed by atoms with van der Waals surface area (Å²) in [4.78, 5) is 50.0. The molecule has 0 saturated heterocycles. The number of nitrogens with one attached hydrogen (secondary N) is 2. The Kier molecular flexibility index (Phi) is 8.75. The molecule has 2 aliphatic heterocycles. The van der Waals surface area contributed by atoms with Crippen LogP contribution in [0.25, 0.3) is 0 Å². The van der Waals surface area contributed by atoms with Crippen molar-refractivity contribution in [1.82, 2.24) is 15.5 Å². The number of hydrogen-bond acceptors (Lipinski definition) is 7. The Morgan fingerprint density at radius 2 is 1.85 bits per heavy atom. The summed E-state index contributed by atoms with van der Waals surface area (Å²) in [6.45, 7) is 2.73. The van der Waals surface area contributed by atoms with Gasteiger partial charge in [0.25, 0.3) is 5.91 Å². The van der Waals surface area contributed by atoms with E-state index in [4.69, 9.17) is 14.4 Å². The summed E-state index contributed by atoms with van der Waals surface area (Å²) in [7, 11) is 0. The molecule has 2 aromatic carbocycles. The minimum Gasteiger partial charge on any atom is -0.467 e. The minimum absolute atomic E-state index is 0.114. The number of nitrogens with zero attached hydrogens (tertiary/aromatic N) is 3. The van der Waals surface area contributed by atoms with E-state index in [2.05, 4.69) is 10.6 Å². The van der Waals surface area contributed by atoms with Crippen LogP contribution in [0.4, 0.5) is 5.69 Å². The molecule has 10 heteroatoms. The number of rotatable bonds is 11. The predicted octanol–water partition coefficient (Wildman–Crippen LogP) is 4.21. The fourth-order valence-corrected chi connectivity index (χ4v) is 5.61. The van der Waals surface area contributed by atoms with E-state index in [0.717, 1.165) is 17.5 Å². The van der Waals surface area contributed by atoms with Gasteiger partial charge in [-0.3, -0.25) is 19.4 Å². The van der Waals surface area contributed by atoms with Crippen molar-refractivity contribution in [3.8, 4) is 0 Å². The Morgan fingerprint density at radius 3 is 2.62 bits per heavy atom. The number of aliphatic imine (C=N–C) groups is 2. The smallest absolute Gasteiger partial charge is 0.259 e. The van der Waals surface area contributed by atoms with Crippen molar-refractivity contribution >= 4 is 46.2 Å². The van der Waals surface area contributed by atoms with E-state index in [9.17, 15) is 14.4 Å². The lowest BCUT2D eigenvalue weighted by Crippen LogP contribution is -2.43. The lowest BCUT2D eigenvalue weighted by molar-refractivity contribution is -0.125. The highest BCUT2D eigenvalue weighted by atomic mass is 32.2. The Morgan fingerprint density at radius 1 is 1.05 bits per heavy atom. The van der Waals surface area contributed by atoms with E-state index < -0.39 is 11.3 Å². The molecule has 2 N–H and O–H groups in total. The maximum Gasteiger partial charge on any atom is 0.259 e. The molecule has 0 unspecified atom stereocenters. The van der Waals surface area contributed by atoms with Gasteiger partial charge in [-0.2, -0.15) is 0 Å². The van der Waals surface area contributed by atoms with E-state index >= 15 is 0 Å². The predicted molar refractivity (Wildman–Crippen MR) is 155 cm³/mol. The lowest BCUT2D eigenvalue weighted by atomic mass is 10.1.